The van der Waals surface area contributed by atoms with Gasteiger partial charge in [0.1, 0.15) is 5.82 Å². The van der Waals surface area contributed by atoms with E-state index in [2.05, 4.69) is 30.2 Å². The van der Waals surface area contributed by atoms with E-state index in [-0.39, 0.29) is 11.0 Å². The lowest BCUT2D eigenvalue weighted by Crippen LogP contribution is -2.63. The summed E-state index contributed by atoms with van der Waals surface area (Å²) in [6.07, 6.45) is 8.25. The van der Waals surface area contributed by atoms with Crippen molar-refractivity contribution in [3.8, 4) is 0 Å². The maximum atomic E-state index is 13.9. The van der Waals surface area contributed by atoms with Crippen LogP contribution in [0.5, 0.6) is 0 Å². The molecule has 7 rings (SSSR count). The van der Waals surface area contributed by atoms with Gasteiger partial charge in [-0.2, -0.15) is 4.80 Å². The lowest BCUT2D eigenvalue weighted by molar-refractivity contribution is -0.168. The van der Waals surface area contributed by atoms with Gasteiger partial charge in [0.2, 0.25) is 5.91 Å². The fourth-order valence-electron chi connectivity index (χ4n) is 7.20. The second-order valence-electron chi connectivity index (χ2n) is 10.1. The summed E-state index contributed by atoms with van der Waals surface area (Å²) in [6, 6.07) is 6.01. The van der Waals surface area contributed by atoms with Crippen molar-refractivity contribution in [3.05, 3.63) is 30.2 Å². The number of rotatable bonds is 3. The second-order valence-corrected chi connectivity index (χ2v) is 10.1. The van der Waals surface area contributed by atoms with Crippen LogP contribution in [0.4, 0.5) is 5.82 Å². The monoisotopic (exact) mass is 407 g/mol. The van der Waals surface area contributed by atoms with Crippen molar-refractivity contribution in [1.29, 1.82) is 0 Å². The number of hydrogen-bond donors (Lipinski definition) is 0. The van der Waals surface area contributed by atoms with Gasteiger partial charge in [-0.1, -0.05) is 6.07 Å². The number of anilines is 1. The first kappa shape index (κ1) is 18.3. The molecule has 0 radical (unpaired) electrons. The molecular formula is C22H29N7O. The minimum absolute atomic E-state index is 0.114. The van der Waals surface area contributed by atoms with E-state index in [0.29, 0.717) is 17.7 Å². The van der Waals surface area contributed by atoms with Crippen LogP contribution in [0.15, 0.2) is 24.4 Å². The van der Waals surface area contributed by atoms with Crippen LogP contribution >= 0.6 is 0 Å². The number of carbonyl (C=O) groups is 1. The van der Waals surface area contributed by atoms with Crippen molar-refractivity contribution in [2.75, 3.05) is 31.1 Å². The van der Waals surface area contributed by atoms with Crippen molar-refractivity contribution in [3.63, 3.8) is 0 Å². The third-order valence-electron chi connectivity index (χ3n) is 7.96. The normalized spacial score (nSPS) is 35.1. The fourth-order valence-corrected chi connectivity index (χ4v) is 7.20. The highest BCUT2D eigenvalue weighted by Crippen LogP contribution is 2.64. The quantitative estimate of drug-likeness (QED) is 0.774. The van der Waals surface area contributed by atoms with Gasteiger partial charge >= 0.3 is 0 Å². The topological polar surface area (TPSA) is 80.0 Å². The largest absolute Gasteiger partial charge is 0.353 e. The first-order valence-electron chi connectivity index (χ1n) is 11.3. The minimum atomic E-state index is -0.237. The number of tetrazole rings is 1. The summed E-state index contributed by atoms with van der Waals surface area (Å²) in [5.41, 5.74) is -0.352. The maximum Gasteiger partial charge on any atom is 0.229 e. The first-order valence-corrected chi connectivity index (χ1v) is 11.3. The van der Waals surface area contributed by atoms with Gasteiger partial charge in [-0.3, -0.25) is 4.79 Å². The van der Waals surface area contributed by atoms with Crippen LogP contribution in [0.25, 0.3) is 0 Å². The third kappa shape index (κ3) is 2.76. The number of aryl methyl sites for hydroxylation is 1. The molecule has 4 aliphatic carbocycles. The van der Waals surface area contributed by atoms with Crippen molar-refractivity contribution < 1.29 is 4.79 Å². The van der Waals surface area contributed by atoms with Crippen LogP contribution in [0.1, 0.15) is 44.3 Å². The van der Waals surface area contributed by atoms with E-state index < -0.39 is 0 Å². The standard InChI is InChI=1S/C22H29N7O/c1-16-24-26-29(25-16)22-13-17-10-18(14-22)12-21(11-17,15-22)20(30)28-8-6-27(7-9-28)19-4-2-3-5-23-19/h2-5,17-18H,6-15H2,1H3/t17-,18-,21?,22?/m1/s1. The van der Waals surface area contributed by atoms with E-state index in [1.807, 2.05) is 36.1 Å². The van der Waals surface area contributed by atoms with E-state index >= 15 is 0 Å². The molecule has 0 spiro atoms. The lowest BCUT2D eigenvalue weighted by Gasteiger charge is -2.61. The molecule has 2 atom stereocenters. The van der Waals surface area contributed by atoms with E-state index in [9.17, 15) is 4.79 Å². The van der Waals surface area contributed by atoms with Gasteiger partial charge in [0.05, 0.1) is 11.0 Å². The number of carbonyl (C=O) groups excluding carboxylic acids is 1. The molecule has 0 aromatic carbocycles. The molecule has 4 bridgehead atoms. The molecule has 1 amide bonds. The SMILES string of the molecule is Cc1nnn(C23C[C@@H]4C[C@H](CC(C(=O)N5CCN(c6ccccn6)CC5)(C4)C2)C3)n1. The smallest absolute Gasteiger partial charge is 0.229 e. The summed E-state index contributed by atoms with van der Waals surface area (Å²) in [7, 11) is 0. The Hall–Kier alpha value is -2.51. The zero-order valence-corrected chi connectivity index (χ0v) is 17.6. The van der Waals surface area contributed by atoms with Gasteiger partial charge in [-0.25, -0.2) is 4.98 Å². The molecule has 1 saturated heterocycles. The zero-order chi connectivity index (χ0) is 20.3. The van der Waals surface area contributed by atoms with Gasteiger partial charge in [0.15, 0.2) is 5.82 Å². The van der Waals surface area contributed by atoms with Crippen molar-refractivity contribution in [2.45, 2.75) is 51.0 Å². The molecule has 30 heavy (non-hydrogen) atoms. The number of piperazine rings is 1. The molecule has 8 nitrogen and oxygen atoms in total. The van der Waals surface area contributed by atoms with Gasteiger partial charge in [-0.15, -0.1) is 10.2 Å². The van der Waals surface area contributed by atoms with E-state index in [4.69, 9.17) is 0 Å². The van der Waals surface area contributed by atoms with Crippen LogP contribution in [0, 0.1) is 24.2 Å². The Morgan fingerprint density at radius 2 is 1.83 bits per heavy atom. The maximum absolute atomic E-state index is 13.9. The van der Waals surface area contributed by atoms with E-state index in [0.717, 1.165) is 69.9 Å². The minimum Gasteiger partial charge on any atom is -0.353 e. The highest BCUT2D eigenvalue weighted by Gasteiger charge is 2.63. The molecule has 2 aromatic heterocycles. The van der Waals surface area contributed by atoms with E-state index in [1.165, 1.54) is 6.42 Å². The number of amides is 1. The summed E-state index contributed by atoms with van der Waals surface area (Å²) in [4.78, 5) is 24.7. The highest BCUT2D eigenvalue weighted by atomic mass is 16.2. The molecule has 0 unspecified atom stereocenters. The van der Waals surface area contributed by atoms with Crippen LogP contribution < -0.4 is 4.90 Å². The Bertz CT molecular complexity index is 935. The fraction of sp³-hybridized carbons (Fsp3) is 0.682. The predicted molar refractivity (Wildman–Crippen MR) is 111 cm³/mol. The first-order chi connectivity index (χ1) is 14.6. The summed E-state index contributed by atoms with van der Waals surface area (Å²) in [6.45, 7) is 5.15. The van der Waals surface area contributed by atoms with Crippen LogP contribution in [-0.4, -0.2) is 62.2 Å². The third-order valence-corrected chi connectivity index (χ3v) is 7.96. The van der Waals surface area contributed by atoms with Gasteiger partial charge in [0.25, 0.3) is 0 Å². The molecular weight excluding hydrogens is 378 g/mol. The number of aromatic nitrogens is 5. The Balaban J connectivity index is 1.23. The van der Waals surface area contributed by atoms with E-state index in [1.54, 1.807) is 0 Å². The van der Waals surface area contributed by atoms with Crippen LogP contribution in [0.3, 0.4) is 0 Å². The molecule has 2 aromatic rings. The van der Waals surface area contributed by atoms with Gasteiger partial charge in [-0.05, 0) is 74.6 Å². The molecule has 1 aliphatic heterocycles. The number of hydrogen-bond acceptors (Lipinski definition) is 6. The summed E-state index contributed by atoms with van der Waals surface area (Å²) >= 11 is 0. The molecule has 5 aliphatic rings. The Labute approximate surface area is 176 Å². The second kappa shape index (κ2) is 6.49. The average Bonchev–Trinajstić information content (AvgIpc) is 3.20. The number of nitrogens with zero attached hydrogens (tertiary/aromatic N) is 7. The molecule has 4 saturated carbocycles. The van der Waals surface area contributed by atoms with Crippen molar-refractivity contribution >= 4 is 11.7 Å². The van der Waals surface area contributed by atoms with Crippen molar-refractivity contribution in [2.24, 2.45) is 17.3 Å². The van der Waals surface area contributed by atoms with Crippen molar-refractivity contribution in [1.82, 2.24) is 30.1 Å². The Morgan fingerprint density at radius 3 is 2.47 bits per heavy atom. The number of pyridine rings is 1. The summed E-state index contributed by atoms with van der Waals surface area (Å²) in [5, 5.41) is 13.1. The van der Waals surface area contributed by atoms with Gasteiger partial charge in [0, 0.05) is 32.4 Å². The molecule has 5 fully saturated rings. The van der Waals surface area contributed by atoms with Crippen LogP contribution in [0.2, 0.25) is 0 Å². The Morgan fingerprint density at radius 1 is 1.07 bits per heavy atom. The molecule has 3 heterocycles. The highest BCUT2D eigenvalue weighted by molar-refractivity contribution is 5.83. The lowest BCUT2D eigenvalue weighted by atomic mass is 9.46. The zero-order valence-electron chi connectivity index (χ0n) is 17.6. The van der Waals surface area contributed by atoms with Crippen LogP contribution in [-0.2, 0) is 10.3 Å². The average molecular weight is 408 g/mol. The van der Waals surface area contributed by atoms with Gasteiger partial charge < -0.3 is 9.80 Å². The molecule has 0 N–H and O–H groups in total. The molecule has 158 valence electrons. The summed E-state index contributed by atoms with van der Waals surface area (Å²) < 4.78 is 0. The predicted octanol–water partition coefficient (Wildman–Crippen LogP) is 2.02. The Kier molecular flexibility index (Phi) is 3.95. The summed E-state index contributed by atoms with van der Waals surface area (Å²) in [5.74, 6) is 3.31. The molecule has 8 heteroatoms.